The molecule has 556 valence electrons. The molecule has 5 unspecified atom stereocenters. The largest absolute Gasteiger partial charge is 0.472 e. The third-order valence-electron chi connectivity index (χ3n) is 15.9. The lowest BCUT2D eigenvalue weighted by Crippen LogP contribution is -2.30. The molecule has 0 aliphatic carbocycles. The number of esters is 4. The minimum atomic E-state index is -4.99. The van der Waals surface area contributed by atoms with Gasteiger partial charge in [0.05, 0.1) is 26.4 Å². The molecule has 0 spiro atoms. The Balaban J connectivity index is 5.37. The van der Waals surface area contributed by atoms with Crippen LogP contribution >= 0.6 is 15.6 Å². The zero-order chi connectivity index (χ0) is 70.4. The summed E-state index contributed by atoms with van der Waals surface area (Å²) in [6.45, 7) is 4.67. The van der Waals surface area contributed by atoms with Crippen LogP contribution in [0.2, 0.25) is 0 Å². The number of aliphatic hydroxyl groups excluding tert-OH is 1. The zero-order valence-electron chi connectivity index (χ0n) is 60.5. The molecule has 0 bridgehead atoms. The van der Waals surface area contributed by atoms with Crippen molar-refractivity contribution in [2.45, 2.75) is 341 Å². The van der Waals surface area contributed by atoms with Crippen LogP contribution in [0, 0.1) is 0 Å². The number of aliphatic hydroxyl groups is 1. The third-order valence-corrected chi connectivity index (χ3v) is 17.8. The number of allylic oxidation sites excluding steroid dienone is 14. The monoisotopic (exact) mass is 1390 g/mol. The molecule has 0 fully saturated rings. The molecule has 0 radical (unpaired) electrons. The van der Waals surface area contributed by atoms with E-state index in [-0.39, 0.29) is 25.7 Å². The van der Waals surface area contributed by atoms with Gasteiger partial charge in [-0.3, -0.25) is 37.3 Å². The Bertz CT molecular complexity index is 2160. The van der Waals surface area contributed by atoms with Crippen LogP contribution in [0.15, 0.2) is 85.1 Å². The minimum Gasteiger partial charge on any atom is -0.462 e. The second kappa shape index (κ2) is 69.7. The van der Waals surface area contributed by atoms with E-state index in [1.54, 1.807) is 0 Å². The first-order valence-electron chi connectivity index (χ1n) is 37.8. The normalized spacial score (nSPS) is 14.4. The minimum absolute atomic E-state index is 0.0362. The van der Waals surface area contributed by atoms with Crippen molar-refractivity contribution in [2.24, 2.45) is 0 Å². The van der Waals surface area contributed by atoms with Crippen LogP contribution in [0.3, 0.4) is 0 Å². The van der Waals surface area contributed by atoms with Crippen LogP contribution in [0.5, 0.6) is 0 Å². The van der Waals surface area contributed by atoms with Gasteiger partial charge in [0.25, 0.3) is 0 Å². The van der Waals surface area contributed by atoms with Gasteiger partial charge in [-0.15, -0.1) is 0 Å². The molecule has 0 aromatic carbocycles. The lowest BCUT2D eigenvalue weighted by atomic mass is 10.1. The van der Waals surface area contributed by atoms with Crippen molar-refractivity contribution in [3.63, 3.8) is 0 Å². The van der Waals surface area contributed by atoms with Crippen LogP contribution in [-0.4, -0.2) is 96.7 Å². The van der Waals surface area contributed by atoms with Gasteiger partial charge in [-0.1, -0.05) is 293 Å². The number of ether oxygens (including phenoxy) is 4. The highest BCUT2D eigenvalue weighted by atomic mass is 31.2. The summed E-state index contributed by atoms with van der Waals surface area (Å²) in [4.78, 5) is 72.7. The molecule has 0 aromatic heterocycles. The van der Waals surface area contributed by atoms with E-state index in [1.807, 2.05) is 18.2 Å². The van der Waals surface area contributed by atoms with Crippen molar-refractivity contribution in [3.8, 4) is 0 Å². The van der Waals surface area contributed by atoms with Gasteiger partial charge in [0.2, 0.25) is 0 Å². The number of hydrogen-bond acceptors (Lipinski definition) is 15. The maximum Gasteiger partial charge on any atom is 0.472 e. The highest BCUT2D eigenvalue weighted by Crippen LogP contribution is 2.45. The molecule has 0 heterocycles. The summed E-state index contributed by atoms with van der Waals surface area (Å²) in [7, 11) is -9.95. The Kier molecular flexibility index (Phi) is 67.0. The number of hydrogen-bond donors (Lipinski definition) is 3. The third kappa shape index (κ3) is 68.8. The molecular weight excluding hydrogens is 1260 g/mol. The fourth-order valence-corrected chi connectivity index (χ4v) is 11.7. The van der Waals surface area contributed by atoms with Gasteiger partial charge in [0, 0.05) is 25.7 Å². The number of carbonyl (C=O) groups excluding carboxylic acids is 4. The van der Waals surface area contributed by atoms with E-state index in [0.717, 1.165) is 116 Å². The number of phosphoric ester groups is 2. The van der Waals surface area contributed by atoms with E-state index < -0.39 is 97.5 Å². The van der Waals surface area contributed by atoms with E-state index in [4.69, 9.17) is 37.0 Å². The maximum atomic E-state index is 13.1. The van der Waals surface area contributed by atoms with Crippen molar-refractivity contribution in [3.05, 3.63) is 85.1 Å². The summed E-state index contributed by atoms with van der Waals surface area (Å²) in [5, 5.41) is 10.6. The van der Waals surface area contributed by atoms with Crippen LogP contribution in [0.25, 0.3) is 0 Å². The van der Waals surface area contributed by atoms with Gasteiger partial charge in [0.1, 0.15) is 19.3 Å². The van der Waals surface area contributed by atoms with Crippen molar-refractivity contribution < 1.29 is 80.2 Å². The van der Waals surface area contributed by atoms with Crippen LogP contribution in [0.4, 0.5) is 0 Å². The molecule has 19 heteroatoms. The number of carbonyl (C=O) groups is 4. The SMILES string of the molecule is CC/C=C\C/C=C\C/C=C\C/C=C\C/C=C\C/C=C\CCC(=O)OCC(COP(=O)(O)OCC(O)COP(=O)(O)OCC(COC(=O)CCCCCCCCCCCCC)OC(=O)CCCCCCCCCCCCC)OC(=O)CCCCCCC/C=C\CCCCCCCC. The average molecular weight is 1400 g/mol. The van der Waals surface area contributed by atoms with E-state index >= 15 is 0 Å². The predicted octanol–water partition coefficient (Wildman–Crippen LogP) is 21.4. The maximum absolute atomic E-state index is 13.1. The Morgan fingerprint density at radius 2 is 0.562 bits per heavy atom. The quantitative estimate of drug-likeness (QED) is 0.0169. The lowest BCUT2D eigenvalue weighted by Gasteiger charge is -2.21. The molecule has 0 aromatic rings. The molecule has 0 saturated carbocycles. The van der Waals surface area contributed by atoms with Gasteiger partial charge in [-0.2, -0.15) is 0 Å². The molecule has 0 amide bonds. The van der Waals surface area contributed by atoms with Gasteiger partial charge < -0.3 is 33.8 Å². The molecule has 5 atom stereocenters. The first kappa shape index (κ1) is 92.2. The first-order valence-corrected chi connectivity index (χ1v) is 40.8. The number of rotatable bonds is 71. The van der Waals surface area contributed by atoms with Crippen LogP contribution in [0.1, 0.15) is 323 Å². The molecular formula is C77H136O17P2. The number of phosphoric acid groups is 2. The summed E-state index contributed by atoms with van der Waals surface area (Å²) in [5.41, 5.74) is 0. The molecule has 0 aliphatic rings. The molecule has 0 rings (SSSR count). The zero-order valence-corrected chi connectivity index (χ0v) is 62.3. The van der Waals surface area contributed by atoms with E-state index in [9.17, 15) is 43.2 Å². The van der Waals surface area contributed by atoms with Gasteiger partial charge in [-0.05, 0) is 89.9 Å². The molecule has 0 saturated heterocycles. The van der Waals surface area contributed by atoms with Crippen LogP contribution in [-0.2, 0) is 65.4 Å². The summed E-state index contributed by atoms with van der Waals surface area (Å²) in [5.74, 6) is -2.26. The number of unbranched alkanes of at least 4 members (excludes halogenated alkanes) is 31. The molecule has 3 N–H and O–H groups in total. The van der Waals surface area contributed by atoms with Crippen molar-refractivity contribution in [2.75, 3.05) is 39.6 Å². The summed E-state index contributed by atoms with van der Waals surface area (Å²) in [6.07, 6.45) is 70.3. The first-order chi connectivity index (χ1) is 46.7. The standard InChI is InChI=1S/C77H136O17P2/c1-5-9-13-17-21-25-29-31-33-34-35-36-38-39-43-46-50-54-58-62-75(80)88-68-73(94-77(82)64-60-56-52-48-44-40-37-32-30-26-22-18-14-10-6-2)70-92-96(85,86)90-66-71(78)65-89-95(83,84)91-69-72(93-76(81)63-59-55-51-47-42-28-24-20-16-12-8-4)67-87-74(79)61-57-53-49-45-41-27-23-19-15-11-7-3/h9,13,21,25,31-33,35-37,39,43,50,54,71-73,78H,5-8,10-12,14-20,22-24,26-30,34,38,40-42,44-49,51-53,55-70H2,1-4H3,(H,83,84)(H,85,86)/b13-9-,25-21-,33-31-,36-35-,37-32-,43-39-,54-50-. The topological polar surface area (TPSA) is 237 Å². The summed E-state index contributed by atoms with van der Waals surface area (Å²) >= 11 is 0. The Morgan fingerprint density at radius 3 is 0.896 bits per heavy atom. The highest BCUT2D eigenvalue weighted by Gasteiger charge is 2.30. The van der Waals surface area contributed by atoms with Gasteiger partial charge in [-0.25, -0.2) is 9.13 Å². The predicted molar refractivity (Wildman–Crippen MR) is 390 cm³/mol. The summed E-state index contributed by atoms with van der Waals surface area (Å²) < 4.78 is 68.3. The average Bonchev–Trinajstić information content (AvgIpc) is 1.41. The molecule has 0 aliphatic heterocycles. The van der Waals surface area contributed by atoms with Crippen molar-refractivity contribution >= 4 is 39.5 Å². The second-order valence-corrected chi connectivity index (χ2v) is 28.1. The van der Waals surface area contributed by atoms with Crippen molar-refractivity contribution in [1.29, 1.82) is 0 Å². The lowest BCUT2D eigenvalue weighted by molar-refractivity contribution is -0.161. The van der Waals surface area contributed by atoms with Gasteiger partial charge >= 0.3 is 39.5 Å². The van der Waals surface area contributed by atoms with Crippen molar-refractivity contribution in [1.82, 2.24) is 0 Å². The molecule has 17 nitrogen and oxygen atoms in total. The Hall–Kier alpha value is -3.76. The fraction of sp³-hybridized carbons (Fsp3) is 0.766. The van der Waals surface area contributed by atoms with E-state index in [0.29, 0.717) is 32.1 Å². The summed E-state index contributed by atoms with van der Waals surface area (Å²) in [6, 6.07) is 0. The van der Waals surface area contributed by atoms with E-state index in [1.165, 1.54) is 122 Å². The van der Waals surface area contributed by atoms with Crippen LogP contribution < -0.4 is 0 Å². The van der Waals surface area contributed by atoms with Gasteiger partial charge in [0.15, 0.2) is 12.2 Å². The highest BCUT2D eigenvalue weighted by molar-refractivity contribution is 7.47. The Morgan fingerprint density at radius 1 is 0.302 bits per heavy atom. The second-order valence-electron chi connectivity index (χ2n) is 25.2. The fourth-order valence-electron chi connectivity index (χ4n) is 10.1. The smallest absolute Gasteiger partial charge is 0.462 e. The van der Waals surface area contributed by atoms with E-state index in [2.05, 4.69) is 94.5 Å². The Labute approximate surface area is 583 Å². The molecule has 96 heavy (non-hydrogen) atoms.